The van der Waals surface area contributed by atoms with E-state index in [1.54, 1.807) is 18.2 Å². The molecule has 0 saturated carbocycles. The van der Waals surface area contributed by atoms with Crippen LogP contribution in [0.5, 0.6) is 0 Å². The van der Waals surface area contributed by atoms with Gasteiger partial charge in [-0.1, -0.05) is 36.4 Å². The molecule has 5 heteroatoms. The minimum Gasteiger partial charge on any atom is -0.383 e. The van der Waals surface area contributed by atoms with Crippen LogP contribution >= 0.6 is 0 Å². The van der Waals surface area contributed by atoms with Crippen LogP contribution in [0.2, 0.25) is 0 Å². The van der Waals surface area contributed by atoms with Crippen LogP contribution in [0.1, 0.15) is 10.4 Å². The number of nitrogens with zero attached hydrogens (tertiary/aromatic N) is 2. The average molecular weight is 342 g/mol. The van der Waals surface area contributed by atoms with Gasteiger partial charge in [0.1, 0.15) is 11.6 Å². The summed E-state index contributed by atoms with van der Waals surface area (Å²) >= 11 is 0. The Morgan fingerprint density at radius 3 is 2.46 bits per heavy atom. The molecule has 0 unspecified atom stereocenters. The zero-order chi connectivity index (χ0) is 18.1. The Hall–Kier alpha value is -3.60. The van der Waals surface area contributed by atoms with Gasteiger partial charge in [0.2, 0.25) is 0 Å². The largest absolute Gasteiger partial charge is 0.383 e. The van der Waals surface area contributed by atoms with Gasteiger partial charge >= 0.3 is 0 Å². The number of anilines is 2. The molecule has 2 heterocycles. The van der Waals surface area contributed by atoms with Gasteiger partial charge in [-0.05, 0) is 36.4 Å². The van der Waals surface area contributed by atoms with Crippen LogP contribution in [-0.2, 0) is 7.05 Å². The Morgan fingerprint density at radius 2 is 1.73 bits per heavy atom. The smallest absolute Gasteiger partial charge is 0.256 e. The van der Waals surface area contributed by atoms with Gasteiger partial charge in [-0.2, -0.15) is 0 Å². The number of carbonyl (C=O) groups excluding carboxylic acids is 1. The van der Waals surface area contributed by atoms with Gasteiger partial charge in [0.15, 0.2) is 0 Å². The fraction of sp³-hybridized carbons (Fsp3) is 0.0476. The second-order valence-corrected chi connectivity index (χ2v) is 6.10. The van der Waals surface area contributed by atoms with Crippen LogP contribution in [0.15, 0.2) is 72.8 Å². The van der Waals surface area contributed by atoms with E-state index in [4.69, 9.17) is 5.73 Å². The van der Waals surface area contributed by atoms with E-state index in [-0.39, 0.29) is 5.91 Å². The van der Waals surface area contributed by atoms with Gasteiger partial charge in [-0.15, -0.1) is 0 Å². The normalized spacial score (nSPS) is 10.8. The van der Waals surface area contributed by atoms with E-state index in [2.05, 4.69) is 33.1 Å². The predicted octanol–water partition coefficient (Wildman–Crippen LogP) is 4.07. The Kier molecular flexibility index (Phi) is 3.89. The summed E-state index contributed by atoms with van der Waals surface area (Å²) in [5, 5.41) is 3.93. The lowest BCUT2D eigenvalue weighted by Crippen LogP contribution is -2.13. The first kappa shape index (κ1) is 15.9. The van der Waals surface area contributed by atoms with Gasteiger partial charge in [-0.3, -0.25) is 4.79 Å². The number of pyridine rings is 1. The van der Waals surface area contributed by atoms with Gasteiger partial charge in [0, 0.05) is 29.1 Å². The molecule has 0 aliphatic heterocycles. The Morgan fingerprint density at radius 1 is 1.00 bits per heavy atom. The molecule has 0 fully saturated rings. The number of benzene rings is 2. The van der Waals surface area contributed by atoms with Crippen molar-refractivity contribution in [1.82, 2.24) is 9.55 Å². The van der Waals surface area contributed by atoms with E-state index in [0.717, 1.165) is 22.2 Å². The number of aromatic nitrogens is 2. The van der Waals surface area contributed by atoms with Gasteiger partial charge in [0.05, 0.1) is 5.69 Å². The lowest BCUT2D eigenvalue weighted by Gasteiger charge is -2.10. The van der Waals surface area contributed by atoms with Crippen LogP contribution in [-0.4, -0.2) is 15.5 Å². The number of fused-ring (bicyclic) bond motifs is 1. The summed E-state index contributed by atoms with van der Waals surface area (Å²) < 4.78 is 2.09. The average Bonchev–Trinajstić information content (AvgIpc) is 2.99. The van der Waals surface area contributed by atoms with Crippen LogP contribution in [0.3, 0.4) is 0 Å². The maximum atomic E-state index is 12.3. The quantitative estimate of drug-likeness (QED) is 0.589. The second-order valence-electron chi connectivity index (χ2n) is 6.10. The first-order valence-electron chi connectivity index (χ1n) is 8.31. The zero-order valence-corrected chi connectivity index (χ0v) is 14.3. The molecule has 0 bridgehead atoms. The number of nitrogens with two attached hydrogens (primary N) is 1. The summed E-state index contributed by atoms with van der Waals surface area (Å²) in [5.74, 6) is 0.593. The van der Waals surface area contributed by atoms with Crippen LogP contribution in [0.25, 0.3) is 22.2 Å². The third kappa shape index (κ3) is 2.80. The van der Waals surface area contributed by atoms with Crippen molar-refractivity contribution in [3.05, 3.63) is 78.4 Å². The maximum Gasteiger partial charge on any atom is 0.256 e. The van der Waals surface area contributed by atoms with Crippen molar-refractivity contribution in [2.45, 2.75) is 0 Å². The Bertz CT molecular complexity index is 1100. The van der Waals surface area contributed by atoms with Crippen molar-refractivity contribution in [3.63, 3.8) is 0 Å². The van der Waals surface area contributed by atoms with Gasteiger partial charge in [-0.25, -0.2) is 4.98 Å². The molecule has 128 valence electrons. The van der Waals surface area contributed by atoms with Crippen LogP contribution < -0.4 is 11.1 Å². The minimum atomic E-state index is -0.213. The molecule has 26 heavy (non-hydrogen) atoms. The molecule has 0 radical (unpaired) electrons. The zero-order valence-electron chi connectivity index (χ0n) is 14.3. The fourth-order valence-electron chi connectivity index (χ4n) is 3.09. The lowest BCUT2D eigenvalue weighted by atomic mass is 10.1. The molecule has 3 N–H and O–H groups in total. The Balaban J connectivity index is 1.65. The number of hydrogen-bond acceptors (Lipinski definition) is 3. The first-order valence-corrected chi connectivity index (χ1v) is 8.31. The molecule has 0 atom stereocenters. The van der Waals surface area contributed by atoms with Gasteiger partial charge < -0.3 is 15.6 Å². The third-order valence-corrected chi connectivity index (χ3v) is 4.43. The Labute approximate surface area is 151 Å². The molecule has 0 spiro atoms. The number of nitrogens with one attached hydrogen (secondary N) is 1. The number of aryl methyl sites for hydroxylation is 1. The first-order chi connectivity index (χ1) is 12.6. The van der Waals surface area contributed by atoms with Crippen molar-refractivity contribution in [2.75, 3.05) is 11.1 Å². The van der Waals surface area contributed by atoms with E-state index in [9.17, 15) is 4.79 Å². The van der Waals surface area contributed by atoms with E-state index in [1.807, 2.05) is 43.4 Å². The standard InChI is InChI=1S/C21H18N4O/c1-25-17-10-6-5-9-15(17)13-18(25)16-11-12-19(23-20(16)22)24-21(26)14-7-3-2-4-8-14/h2-13H,1H3,(H3,22,23,24,26). The number of carbonyl (C=O) groups is 1. The summed E-state index contributed by atoms with van der Waals surface area (Å²) in [7, 11) is 2.00. The monoisotopic (exact) mass is 342 g/mol. The molecule has 4 aromatic rings. The molecule has 0 aliphatic carbocycles. The summed E-state index contributed by atoms with van der Waals surface area (Å²) in [6, 6.07) is 22.9. The highest BCUT2D eigenvalue weighted by atomic mass is 16.1. The number of nitrogen functional groups attached to an aromatic ring is 1. The molecule has 2 aromatic carbocycles. The fourth-order valence-corrected chi connectivity index (χ4v) is 3.09. The summed E-state index contributed by atoms with van der Waals surface area (Å²) in [4.78, 5) is 16.6. The maximum absolute atomic E-state index is 12.3. The van der Waals surface area contributed by atoms with E-state index >= 15 is 0 Å². The predicted molar refractivity (Wildman–Crippen MR) is 105 cm³/mol. The van der Waals surface area contributed by atoms with Crippen LogP contribution in [0, 0.1) is 0 Å². The highest BCUT2D eigenvalue weighted by Gasteiger charge is 2.13. The molecular formula is C21H18N4O. The van der Waals surface area contributed by atoms with Crippen molar-refractivity contribution in [2.24, 2.45) is 7.05 Å². The second kappa shape index (κ2) is 6.37. The summed E-state index contributed by atoms with van der Waals surface area (Å²) in [6.07, 6.45) is 0. The summed E-state index contributed by atoms with van der Waals surface area (Å²) in [6.45, 7) is 0. The van der Waals surface area contributed by atoms with E-state index in [0.29, 0.717) is 17.2 Å². The van der Waals surface area contributed by atoms with E-state index < -0.39 is 0 Å². The number of rotatable bonds is 3. The highest BCUT2D eigenvalue weighted by molar-refractivity contribution is 6.04. The summed E-state index contributed by atoms with van der Waals surface area (Å²) in [5.41, 5.74) is 9.70. The molecule has 4 rings (SSSR count). The SMILES string of the molecule is Cn1c(-c2ccc(NC(=O)c3ccccc3)nc2N)cc2ccccc21. The number of hydrogen-bond donors (Lipinski definition) is 2. The molecule has 0 aliphatic rings. The minimum absolute atomic E-state index is 0.213. The molecule has 5 nitrogen and oxygen atoms in total. The lowest BCUT2D eigenvalue weighted by molar-refractivity contribution is 0.102. The van der Waals surface area contributed by atoms with Crippen LogP contribution in [0.4, 0.5) is 11.6 Å². The van der Waals surface area contributed by atoms with Crippen molar-refractivity contribution >= 4 is 28.4 Å². The highest BCUT2D eigenvalue weighted by Crippen LogP contribution is 2.30. The number of amides is 1. The third-order valence-electron chi connectivity index (χ3n) is 4.43. The van der Waals surface area contributed by atoms with Crippen molar-refractivity contribution in [3.8, 4) is 11.3 Å². The molecular weight excluding hydrogens is 324 g/mol. The number of para-hydroxylation sites is 1. The topological polar surface area (TPSA) is 72.9 Å². The molecule has 2 aromatic heterocycles. The van der Waals surface area contributed by atoms with Crippen molar-refractivity contribution in [1.29, 1.82) is 0 Å². The van der Waals surface area contributed by atoms with E-state index in [1.165, 1.54) is 0 Å². The molecule has 0 saturated heterocycles. The van der Waals surface area contributed by atoms with Crippen molar-refractivity contribution < 1.29 is 4.79 Å². The molecule has 1 amide bonds. The van der Waals surface area contributed by atoms with Gasteiger partial charge in [0.25, 0.3) is 5.91 Å².